The van der Waals surface area contributed by atoms with Gasteiger partial charge in [-0.15, -0.1) is 0 Å². The lowest BCUT2D eigenvalue weighted by Crippen LogP contribution is -2.49. The molecule has 1 amide bonds. The first-order chi connectivity index (χ1) is 13.6. The number of piperidine rings is 1. The van der Waals surface area contributed by atoms with E-state index in [1.807, 2.05) is 34.6 Å². The van der Waals surface area contributed by atoms with Gasteiger partial charge in [-0.3, -0.25) is 9.69 Å². The van der Waals surface area contributed by atoms with Crippen LogP contribution in [-0.4, -0.2) is 82.7 Å². The Labute approximate surface area is 165 Å². The highest BCUT2D eigenvalue weighted by atomic mass is 16.5. The molecule has 1 N–H and O–H groups in total. The average molecular weight is 386 g/mol. The molecule has 2 aromatic rings. The van der Waals surface area contributed by atoms with Gasteiger partial charge in [-0.2, -0.15) is 0 Å². The van der Waals surface area contributed by atoms with E-state index in [1.54, 1.807) is 6.20 Å². The van der Waals surface area contributed by atoms with Crippen molar-refractivity contribution in [2.75, 3.05) is 52.5 Å². The van der Waals surface area contributed by atoms with Crippen LogP contribution in [0.1, 0.15) is 17.7 Å². The molecule has 152 valence electrons. The van der Waals surface area contributed by atoms with Crippen LogP contribution in [-0.2, 0) is 16.0 Å². The Morgan fingerprint density at radius 2 is 2.07 bits per heavy atom. The number of aliphatic hydroxyl groups excluding tert-OH is 1. The molecule has 7 heteroatoms. The lowest BCUT2D eigenvalue weighted by Gasteiger charge is -2.40. The Kier molecular flexibility index (Phi) is 5.94. The molecule has 2 saturated heterocycles. The highest BCUT2D eigenvalue weighted by Gasteiger charge is 2.31. The summed E-state index contributed by atoms with van der Waals surface area (Å²) in [5.41, 5.74) is 2.92. The van der Waals surface area contributed by atoms with Crippen molar-refractivity contribution in [1.82, 2.24) is 19.2 Å². The van der Waals surface area contributed by atoms with E-state index in [0.29, 0.717) is 18.9 Å². The SMILES string of the molecule is Cc1cccn2c(CC(=O)N3CC(CO)CC(CN4CCOCC4)C3)cnc12. The van der Waals surface area contributed by atoms with Crippen LogP contribution in [0.5, 0.6) is 0 Å². The third-order valence-corrected chi connectivity index (χ3v) is 5.99. The monoisotopic (exact) mass is 386 g/mol. The number of rotatable bonds is 5. The molecule has 0 radical (unpaired) electrons. The minimum absolute atomic E-state index is 0.119. The third-order valence-electron chi connectivity index (χ3n) is 5.99. The number of nitrogens with zero attached hydrogens (tertiary/aromatic N) is 4. The van der Waals surface area contributed by atoms with E-state index in [2.05, 4.69) is 9.88 Å². The minimum atomic E-state index is 0.119. The van der Waals surface area contributed by atoms with Gasteiger partial charge < -0.3 is 19.1 Å². The van der Waals surface area contributed by atoms with Crippen molar-refractivity contribution >= 4 is 11.6 Å². The van der Waals surface area contributed by atoms with Gasteiger partial charge in [0.15, 0.2) is 0 Å². The Morgan fingerprint density at radius 1 is 1.29 bits per heavy atom. The zero-order valence-corrected chi connectivity index (χ0v) is 16.6. The molecule has 2 unspecified atom stereocenters. The summed E-state index contributed by atoms with van der Waals surface area (Å²) in [7, 11) is 0. The van der Waals surface area contributed by atoms with Gasteiger partial charge in [-0.25, -0.2) is 4.98 Å². The van der Waals surface area contributed by atoms with Crippen LogP contribution in [0.25, 0.3) is 5.65 Å². The summed E-state index contributed by atoms with van der Waals surface area (Å²) >= 11 is 0. The fourth-order valence-corrected chi connectivity index (χ4v) is 4.54. The first kappa shape index (κ1) is 19.4. The molecule has 0 aliphatic carbocycles. The number of imidazole rings is 1. The minimum Gasteiger partial charge on any atom is -0.396 e. The topological polar surface area (TPSA) is 70.3 Å². The molecule has 4 heterocycles. The smallest absolute Gasteiger partial charge is 0.228 e. The van der Waals surface area contributed by atoms with Crippen LogP contribution in [0, 0.1) is 18.8 Å². The van der Waals surface area contributed by atoms with Gasteiger partial charge >= 0.3 is 0 Å². The van der Waals surface area contributed by atoms with Crippen molar-refractivity contribution in [3.63, 3.8) is 0 Å². The number of morpholine rings is 1. The van der Waals surface area contributed by atoms with Gasteiger partial charge in [-0.1, -0.05) is 6.07 Å². The highest BCUT2D eigenvalue weighted by Crippen LogP contribution is 2.24. The zero-order chi connectivity index (χ0) is 19.5. The molecule has 0 aromatic carbocycles. The first-order valence-electron chi connectivity index (χ1n) is 10.2. The van der Waals surface area contributed by atoms with Crippen molar-refractivity contribution in [3.8, 4) is 0 Å². The van der Waals surface area contributed by atoms with Gasteiger partial charge in [0.25, 0.3) is 0 Å². The van der Waals surface area contributed by atoms with Crippen molar-refractivity contribution in [1.29, 1.82) is 0 Å². The standard InChI is InChI=1S/C21H30N4O3/c1-16-3-2-4-25-19(11-22-21(16)25)10-20(27)24-13-17(9-18(14-24)15-26)12-23-5-7-28-8-6-23/h2-4,11,17-18,26H,5-10,12-15H2,1H3. The lowest BCUT2D eigenvalue weighted by molar-refractivity contribution is -0.134. The summed E-state index contributed by atoms with van der Waals surface area (Å²) in [4.78, 5) is 21.9. The Morgan fingerprint density at radius 3 is 2.86 bits per heavy atom. The van der Waals surface area contributed by atoms with Gasteiger partial charge in [0.05, 0.1) is 25.3 Å². The summed E-state index contributed by atoms with van der Waals surface area (Å²) in [5.74, 6) is 0.680. The second kappa shape index (κ2) is 8.59. The molecule has 2 fully saturated rings. The van der Waals surface area contributed by atoms with Crippen LogP contribution in [0.15, 0.2) is 24.5 Å². The van der Waals surface area contributed by atoms with Gasteiger partial charge in [0.2, 0.25) is 5.91 Å². The highest BCUT2D eigenvalue weighted by molar-refractivity contribution is 5.78. The maximum absolute atomic E-state index is 13.1. The molecule has 0 spiro atoms. The first-order valence-corrected chi connectivity index (χ1v) is 10.2. The molecular weight excluding hydrogens is 356 g/mol. The number of carbonyl (C=O) groups is 1. The fourth-order valence-electron chi connectivity index (χ4n) is 4.54. The summed E-state index contributed by atoms with van der Waals surface area (Å²) in [6, 6.07) is 4.01. The van der Waals surface area contributed by atoms with E-state index in [4.69, 9.17) is 4.74 Å². The van der Waals surface area contributed by atoms with Crippen LogP contribution in [0.2, 0.25) is 0 Å². The van der Waals surface area contributed by atoms with Crippen molar-refractivity contribution < 1.29 is 14.6 Å². The number of fused-ring (bicyclic) bond motifs is 1. The van der Waals surface area contributed by atoms with Crippen LogP contribution in [0.4, 0.5) is 0 Å². The Balaban J connectivity index is 1.43. The number of aromatic nitrogens is 2. The summed E-state index contributed by atoms with van der Waals surface area (Å²) in [6.07, 6.45) is 5.09. The number of ether oxygens (including phenoxy) is 1. The van der Waals surface area contributed by atoms with E-state index >= 15 is 0 Å². The average Bonchev–Trinajstić information content (AvgIpc) is 3.12. The molecular formula is C21H30N4O3. The number of aryl methyl sites for hydroxylation is 1. The maximum atomic E-state index is 13.1. The summed E-state index contributed by atoms with van der Waals surface area (Å²) < 4.78 is 7.44. The number of aliphatic hydroxyl groups is 1. The second-order valence-electron chi connectivity index (χ2n) is 8.17. The molecule has 2 aliphatic rings. The lowest BCUT2D eigenvalue weighted by atomic mass is 9.89. The van der Waals surface area contributed by atoms with E-state index in [1.165, 1.54) is 0 Å². The summed E-state index contributed by atoms with van der Waals surface area (Å²) in [5, 5.41) is 9.76. The van der Waals surface area contributed by atoms with E-state index < -0.39 is 0 Å². The van der Waals surface area contributed by atoms with Crippen LogP contribution >= 0.6 is 0 Å². The molecule has 7 nitrogen and oxygen atoms in total. The fraction of sp³-hybridized carbons (Fsp3) is 0.619. The number of hydrogen-bond acceptors (Lipinski definition) is 5. The van der Waals surface area contributed by atoms with Crippen molar-refractivity contribution in [3.05, 3.63) is 35.8 Å². The zero-order valence-electron chi connectivity index (χ0n) is 16.6. The predicted molar refractivity (Wildman–Crippen MR) is 106 cm³/mol. The number of carbonyl (C=O) groups excluding carboxylic acids is 1. The number of likely N-dealkylation sites (tertiary alicyclic amines) is 1. The molecule has 2 atom stereocenters. The molecule has 4 rings (SSSR count). The number of pyridine rings is 1. The molecule has 2 aliphatic heterocycles. The predicted octanol–water partition coefficient (Wildman–Crippen LogP) is 0.974. The molecule has 0 saturated carbocycles. The quantitative estimate of drug-likeness (QED) is 0.829. The largest absolute Gasteiger partial charge is 0.396 e. The summed E-state index contributed by atoms with van der Waals surface area (Å²) in [6.45, 7) is 8.02. The second-order valence-corrected chi connectivity index (χ2v) is 8.17. The molecule has 2 aromatic heterocycles. The van der Waals surface area contributed by atoms with Crippen molar-refractivity contribution in [2.45, 2.75) is 19.8 Å². The third kappa shape index (κ3) is 4.21. The number of amides is 1. The van der Waals surface area contributed by atoms with Gasteiger partial charge in [0, 0.05) is 51.7 Å². The molecule has 28 heavy (non-hydrogen) atoms. The van der Waals surface area contributed by atoms with E-state index in [9.17, 15) is 9.90 Å². The van der Waals surface area contributed by atoms with Crippen LogP contribution in [0.3, 0.4) is 0 Å². The Hall–Kier alpha value is -1.96. The normalized spacial score (nSPS) is 24.0. The van der Waals surface area contributed by atoms with E-state index in [0.717, 1.165) is 62.7 Å². The molecule has 0 bridgehead atoms. The van der Waals surface area contributed by atoms with Crippen molar-refractivity contribution in [2.24, 2.45) is 11.8 Å². The maximum Gasteiger partial charge on any atom is 0.228 e. The van der Waals surface area contributed by atoms with Gasteiger partial charge in [0.1, 0.15) is 5.65 Å². The van der Waals surface area contributed by atoms with Crippen LogP contribution < -0.4 is 0 Å². The Bertz CT molecular complexity index is 815. The van der Waals surface area contributed by atoms with Gasteiger partial charge in [-0.05, 0) is 36.8 Å². The van der Waals surface area contributed by atoms with E-state index in [-0.39, 0.29) is 18.4 Å². The number of hydrogen-bond donors (Lipinski definition) is 1.